The molecule has 0 N–H and O–H groups in total. The van der Waals surface area contributed by atoms with Gasteiger partial charge in [-0.25, -0.2) is 9.98 Å². The highest BCUT2D eigenvalue weighted by Gasteiger charge is 2.35. The van der Waals surface area contributed by atoms with Gasteiger partial charge in [-0.15, -0.1) is 0 Å². The van der Waals surface area contributed by atoms with Gasteiger partial charge >= 0.3 is 0 Å². The molecule has 1 aliphatic carbocycles. The molecule has 0 fully saturated rings. The molecule has 0 bridgehead atoms. The van der Waals surface area contributed by atoms with Gasteiger partial charge in [0.15, 0.2) is 5.84 Å². The van der Waals surface area contributed by atoms with Crippen molar-refractivity contribution in [1.82, 2.24) is 14.5 Å². The highest BCUT2D eigenvalue weighted by Crippen LogP contribution is 2.37. The van der Waals surface area contributed by atoms with Crippen LogP contribution in [0.5, 0.6) is 0 Å². The third-order valence-corrected chi connectivity index (χ3v) is 8.19. The van der Waals surface area contributed by atoms with Crippen molar-refractivity contribution < 1.29 is 0 Å². The molecule has 5 heterocycles. The smallest absolute Gasteiger partial charge is 0.155 e. The van der Waals surface area contributed by atoms with Crippen molar-refractivity contribution in [3.63, 3.8) is 0 Å². The molecule has 3 atom stereocenters. The van der Waals surface area contributed by atoms with Crippen LogP contribution >= 0.6 is 0 Å². The number of benzene rings is 2. The van der Waals surface area contributed by atoms with Gasteiger partial charge in [-0.05, 0) is 24.1 Å². The predicted molar refractivity (Wildman–Crippen MR) is 164 cm³/mol. The number of hydrogen-bond acceptors (Lipinski definition) is 5. The highest BCUT2D eigenvalue weighted by molar-refractivity contribution is 6.15. The molecule has 0 saturated heterocycles. The van der Waals surface area contributed by atoms with Gasteiger partial charge in [0.05, 0.1) is 40.6 Å². The van der Waals surface area contributed by atoms with Gasteiger partial charge in [0.25, 0.3) is 0 Å². The van der Waals surface area contributed by atoms with Gasteiger partial charge in [0.1, 0.15) is 5.82 Å². The molecular formula is C35H28N6. The lowest BCUT2D eigenvalue weighted by molar-refractivity contribution is 0.684. The lowest BCUT2D eigenvalue weighted by atomic mass is 9.86. The second-order valence-corrected chi connectivity index (χ2v) is 10.8. The summed E-state index contributed by atoms with van der Waals surface area (Å²) in [6.07, 6.45) is 17.5. The molecule has 2 aromatic carbocycles. The molecular weight excluding hydrogens is 504 g/mol. The van der Waals surface area contributed by atoms with E-state index in [4.69, 9.17) is 20.0 Å². The van der Waals surface area contributed by atoms with E-state index < -0.39 is 0 Å². The number of aliphatic imine (C=N–C) groups is 3. The molecule has 6 nitrogen and oxygen atoms in total. The first-order valence-corrected chi connectivity index (χ1v) is 14.3. The normalized spacial score (nSPS) is 22.2. The molecule has 3 aliphatic heterocycles. The van der Waals surface area contributed by atoms with Crippen molar-refractivity contribution in [2.75, 3.05) is 0 Å². The van der Waals surface area contributed by atoms with Crippen LogP contribution in [-0.4, -0.2) is 37.8 Å². The topological polar surface area (TPSA) is 67.8 Å². The molecule has 6 heteroatoms. The number of pyridine rings is 1. The zero-order valence-corrected chi connectivity index (χ0v) is 22.5. The van der Waals surface area contributed by atoms with Crippen molar-refractivity contribution in [3.05, 3.63) is 149 Å². The maximum atomic E-state index is 5.27. The number of hydrogen-bond donors (Lipinski definition) is 0. The Labute approximate surface area is 239 Å². The standard InChI is InChI=1S/C35H28N6/c1-2-10-25(11-3-1)35-38-29(22-30(39-35)28-14-6-8-20-36-28)23-16-18-24(19-17-23)32-34-33(26-12-4-5-13-27(26)37-32)40-31-15-7-9-21-41(31)34/h1-6,8-14,16-21,26-27,29H,7,15,22H2. The summed E-state index contributed by atoms with van der Waals surface area (Å²) in [6.45, 7) is 0. The van der Waals surface area contributed by atoms with E-state index in [9.17, 15) is 0 Å². The minimum atomic E-state index is -0.0564. The summed E-state index contributed by atoms with van der Waals surface area (Å²) in [5.41, 5.74) is 8.36. The number of aromatic nitrogens is 3. The van der Waals surface area contributed by atoms with Crippen molar-refractivity contribution in [3.8, 4) is 0 Å². The van der Waals surface area contributed by atoms with E-state index in [1.807, 2.05) is 42.6 Å². The summed E-state index contributed by atoms with van der Waals surface area (Å²) < 4.78 is 2.25. The lowest BCUT2D eigenvalue weighted by Gasteiger charge is -2.27. The zero-order chi connectivity index (χ0) is 27.2. The van der Waals surface area contributed by atoms with Crippen LogP contribution in [0.2, 0.25) is 0 Å². The van der Waals surface area contributed by atoms with Crippen molar-refractivity contribution in [2.24, 2.45) is 15.0 Å². The van der Waals surface area contributed by atoms with E-state index in [1.54, 1.807) is 0 Å². The molecule has 4 aromatic rings. The fraction of sp³-hybridized carbons (Fsp3) is 0.171. The first kappa shape index (κ1) is 23.9. The van der Waals surface area contributed by atoms with Gasteiger partial charge < -0.3 is 4.57 Å². The van der Waals surface area contributed by atoms with Gasteiger partial charge in [0.2, 0.25) is 0 Å². The van der Waals surface area contributed by atoms with Crippen LogP contribution in [0.4, 0.5) is 0 Å². The molecule has 41 heavy (non-hydrogen) atoms. The maximum absolute atomic E-state index is 5.27. The number of nitrogens with zero attached hydrogens (tertiary/aromatic N) is 6. The fourth-order valence-corrected chi connectivity index (χ4v) is 6.14. The summed E-state index contributed by atoms with van der Waals surface area (Å²) in [7, 11) is 0. The molecule has 8 rings (SSSR count). The molecule has 0 saturated carbocycles. The van der Waals surface area contributed by atoms with Crippen LogP contribution in [0.1, 0.15) is 64.4 Å². The summed E-state index contributed by atoms with van der Waals surface area (Å²) in [5, 5.41) is 0. The van der Waals surface area contributed by atoms with Crippen molar-refractivity contribution in [1.29, 1.82) is 0 Å². The zero-order valence-electron chi connectivity index (χ0n) is 22.5. The number of allylic oxidation sites excluding steroid dienone is 3. The molecule has 4 aliphatic rings. The summed E-state index contributed by atoms with van der Waals surface area (Å²) >= 11 is 0. The van der Waals surface area contributed by atoms with Crippen LogP contribution in [0.3, 0.4) is 0 Å². The third-order valence-electron chi connectivity index (χ3n) is 8.19. The Morgan fingerprint density at radius 3 is 2.51 bits per heavy atom. The number of rotatable bonds is 4. The summed E-state index contributed by atoms with van der Waals surface area (Å²) in [5.74, 6) is 2.05. The number of aryl methyl sites for hydroxylation is 1. The molecule has 198 valence electrons. The lowest BCUT2D eigenvalue weighted by Crippen LogP contribution is -2.27. The van der Waals surface area contributed by atoms with Gasteiger partial charge in [0, 0.05) is 42.3 Å². The van der Waals surface area contributed by atoms with Crippen LogP contribution in [0.15, 0.2) is 124 Å². The average Bonchev–Trinajstić information content (AvgIpc) is 3.45. The Balaban J connectivity index is 1.17. The first-order chi connectivity index (χ1) is 20.3. The molecule has 3 unspecified atom stereocenters. The van der Waals surface area contributed by atoms with Crippen molar-refractivity contribution in [2.45, 2.75) is 37.3 Å². The fourth-order valence-electron chi connectivity index (χ4n) is 6.14. The Morgan fingerprint density at radius 1 is 0.805 bits per heavy atom. The van der Waals surface area contributed by atoms with Crippen LogP contribution in [-0.2, 0) is 6.42 Å². The number of imidazole rings is 1. The summed E-state index contributed by atoms with van der Waals surface area (Å²) in [6, 6.07) is 24.9. The quantitative estimate of drug-likeness (QED) is 0.301. The molecule has 2 aromatic heterocycles. The molecule has 0 radical (unpaired) electrons. The van der Waals surface area contributed by atoms with E-state index in [0.29, 0.717) is 6.42 Å². The predicted octanol–water partition coefficient (Wildman–Crippen LogP) is 6.51. The van der Waals surface area contributed by atoms with Crippen molar-refractivity contribution >= 4 is 23.5 Å². The number of amidine groups is 1. The minimum absolute atomic E-state index is 0.0564. The summed E-state index contributed by atoms with van der Waals surface area (Å²) in [4.78, 5) is 25.0. The minimum Gasteiger partial charge on any atom is -0.302 e. The first-order valence-electron chi connectivity index (χ1n) is 14.3. The number of fused-ring (bicyclic) bond motifs is 5. The van der Waals surface area contributed by atoms with Crippen LogP contribution in [0, 0.1) is 0 Å². The Kier molecular flexibility index (Phi) is 5.76. The second kappa shape index (κ2) is 9.89. The SMILES string of the molecule is C1=CC2N=C(c3ccc(C4CC(c5ccccn5)=NC(c5ccccc5)=N4)cc3)c3c(nc4n3C=CCC4)C2C=C1. The Bertz CT molecular complexity index is 1800. The maximum Gasteiger partial charge on any atom is 0.155 e. The second-order valence-electron chi connectivity index (χ2n) is 10.8. The Morgan fingerprint density at radius 2 is 1.66 bits per heavy atom. The largest absolute Gasteiger partial charge is 0.302 e. The van der Waals surface area contributed by atoms with E-state index in [1.165, 1.54) is 0 Å². The van der Waals surface area contributed by atoms with E-state index in [-0.39, 0.29) is 18.0 Å². The van der Waals surface area contributed by atoms with Gasteiger partial charge in [-0.2, -0.15) is 0 Å². The van der Waals surface area contributed by atoms with E-state index in [2.05, 4.69) is 82.5 Å². The monoisotopic (exact) mass is 532 g/mol. The average molecular weight is 533 g/mol. The highest BCUT2D eigenvalue weighted by atomic mass is 15.1. The molecule has 0 spiro atoms. The van der Waals surface area contributed by atoms with Crippen LogP contribution < -0.4 is 0 Å². The molecule has 0 amide bonds. The van der Waals surface area contributed by atoms with E-state index in [0.717, 1.165) is 69.7 Å². The van der Waals surface area contributed by atoms with E-state index >= 15 is 0 Å². The van der Waals surface area contributed by atoms with Crippen LogP contribution in [0.25, 0.3) is 6.20 Å². The Hall–Kier alpha value is -4.97. The van der Waals surface area contributed by atoms with Gasteiger partial charge in [-0.1, -0.05) is 91.0 Å². The third kappa shape index (κ3) is 4.23. The van der Waals surface area contributed by atoms with Gasteiger partial charge in [-0.3, -0.25) is 15.0 Å².